The number of aliphatic carboxylic acids is 1. The van der Waals surface area contributed by atoms with Crippen molar-refractivity contribution >= 4 is 11.9 Å². The molecule has 5 nitrogen and oxygen atoms in total. The van der Waals surface area contributed by atoms with E-state index in [2.05, 4.69) is 0 Å². The second-order valence-electron chi connectivity index (χ2n) is 5.73. The zero-order valence-electron chi connectivity index (χ0n) is 12.4. The minimum atomic E-state index is -4.99. The molecule has 1 fully saturated rings. The molecule has 1 aromatic carbocycles. The van der Waals surface area contributed by atoms with Crippen LogP contribution in [-0.4, -0.2) is 46.3 Å². The third-order valence-corrected chi connectivity index (χ3v) is 4.18. The van der Waals surface area contributed by atoms with Crippen LogP contribution < -0.4 is 0 Å². The van der Waals surface area contributed by atoms with Crippen molar-refractivity contribution in [3.8, 4) is 0 Å². The normalized spacial score (nSPS) is 22.5. The molecular weight excluding hydrogens is 334 g/mol. The molecule has 2 N–H and O–H groups in total. The first-order chi connectivity index (χ1) is 11.1. The van der Waals surface area contributed by atoms with Crippen molar-refractivity contribution in [3.05, 3.63) is 35.6 Å². The van der Waals surface area contributed by atoms with Gasteiger partial charge in [-0.1, -0.05) is 12.1 Å². The minimum Gasteiger partial charge on any atom is -0.481 e. The summed E-state index contributed by atoms with van der Waals surface area (Å²) in [6.07, 6.45) is -7.68. The summed E-state index contributed by atoms with van der Waals surface area (Å²) in [7, 11) is 0. The van der Waals surface area contributed by atoms with E-state index in [9.17, 15) is 32.3 Å². The summed E-state index contributed by atoms with van der Waals surface area (Å²) in [6.45, 7) is -1.37. The van der Waals surface area contributed by atoms with E-state index >= 15 is 0 Å². The third kappa shape index (κ3) is 3.35. The standard InChI is InChI=1S/C15H15F4NO4/c16-10-3-1-2-9(6-10)11(21)7-12(22)20-5-4-14(8-20,13(23)24)15(17,18)19/h1-3,6,11,21H,4-5,7-8H2,(H,23,24)/t11-,14+/m1/s1. The summed E-state index contributed by atoms with van der Waals surface area (Å²) in [5.41, 5.74) is -2.88. The van der Waals surface area contributed by atoms with Gasteiger partial charge in [0.05, 0.1) is 12.5 Å². The fourth-order valence-corrected chi connectivity index (χ4v) is 2.68. The van der Waals surface area contributed by atoms with Crippen LogP contribution in [0.2, 0.25) is 0 Å². The van der Waals surface area contributed by atoms with E-state index < -0.39 is 54.8 Å². The molecule has 0 saturated carbocycles. The molecule has 0 aliphatic carbocycles. The van der Waals surface area contributed by atoms with Gasteiger partial charge in [0.2, 0.25) is 5.91 Å². The van der Waals surface area contributed by atoms with E-state index in [1.807, 2.05) is 0 Å². The van der Waals surface area contributed by atoms with E-state index in [4.69, 9.17) is 5.11 Å². The van der Waals surface area contributed by atoms with Gasteiger partial charge in [0.25, 0.3) is 0 Å². The Balaban J connectivity index is 2.08. The molecule has 2 atom stereocenters. The Morgan fingerprint density at radius 3 is 2.50 bits per heavy atom. The summed E-state index contributed by atoms with van der Waals surface area (Å²) in [6, 6.07) is 4.86. The Bertz CT molecular complexity index is 649. The number of amides is 1. The molecule has 2 rings (SSSR count). The fraction of sp³-hybridized carbons (Fsp3) is 0.467. The number of aliphatic hydroxyl groups is 1. The molecule has 0 spiro atoms. The Kier molecular flexibility index (Phi) is 4.84. The second-order valence-corrected chi connectivity index (χ2v) is 5.73. The predicted molar refractivity (Wildman–Crippen MR) is 73.3 cm³/mol. The number of carboxylic acid groups (broad SMARTS) is 1. The topological polar surface area (TPSA) is 77.8 Å². The zero-order valence-corrected chi connectivity index (χ0v) is 12.4. The van der Waals surface area contributed by atoms with Gasteiger partial charge < -0.3 is 15.1 Å². The molecule has 0 radical (unpaired) electrons. The van der Waals surface area contributed by atoms with Crippen LogP contribution in [0.5, 0.6) is 0 Å². The summed E-state index contributed by atoms with van der Waals surface area (Å²) in [4.78, 5) is 23.9. The maximum absolute atomic E-state index is 13.1. The Morgan fingerprint density at radius 1 is 1.33 bits per heavy atom. The SMILES string of the molecule is O=C(C[C@@H](O)c1cccc(F)c1)N1CC[C@](C(=O)O)(C(F)(F)F)C1. The molecule has 0 unspecified atom stereocenters. The average Bonchev–Trinajstić information content (AvgIpc) is 2.93. The molecule has 9 heteroatoms. The lowest BCUT2D eigenvalue weighted by molar-refractivity contribution is -0.227. The highest BCUT2D eigenvalue weighted by molar-refractivity contribution is 5.81. The van der Waals surface area contributed by atoms with Crippen LogP contribution in [-0.2, 0) is 9.59 Å². The van der Waals surface area contributed by atoms with Crippen LogP contribution in [0.1, 0.15) is 24.5 Å². The van der Waals surface area contributed by atoms with Crippen molar-refractivity contribution in [1.29, 1.82) is 0 Å². The summed E-state index contributed by atoms with van der Waals surface area (Å²) >= 11 is 0. The number of aliphatic hydroxyl groups excluding tert-OH is 1. The molecule has 1 aromatic rings. The Hall–Kier alpha value is -2.16. The maximum Gasteiger partial charge on any atom is 0.406 e. The summed E-state index contributed by atoms with van der Waals surface area (Å²) in [5, 5.41) is 18.9. The van der Waals surface area contributed by atoms with Gasteiger partial charge in [0.1, 0.15) is 5.82 Å². The van der Waals surface area contributed by atoms with Gasteiger partial charge in [-0.15, -0.1) is 0 Å². The number of rotatable bonds is 4. The van der Waals surface area contributed by atoms with E-state index in [0.29, 0.717) is 0 Å². The van der Waals surface area contributed by atoms with E-state index in [1.54, 1.807) is 0 Å². The Morgan fingerprint density at radius 2 is 2.00 bits per heavy atom. The lowest BCUT2D eigenvalue weighted by Gasteiger charge is -2.27. The minimum absolute atomic E-state index is 0.114. The second kappa shape index (κ2) is 6.39. The van der Waals surface area contributed by atoms with Crippen LogP contribution >= 0.6 is 0 Å². The van der Waals surface area contributed by atoms with Crippen LogP contribution in [0.15, 0.2) is 24.3 Å². The van der Waals surface area contributed by atoms with Crippen molar-refractivity contribution in [3.63, 3.8) is 0 Å². The predicted octanol–water partition coefficient (Wildman–Crippen LogP) is 2.11. The highest BCUT2D eigenvalue weighted by Crippen LogP contribution is 2.46. The highest BCUT2D eigenvalue weighted by Gasteiger charge is 2.64. The number of likely N-dealkylation sites (tertiary alicyclic amines) is 1. The number of hydrogen-bond donors (Lipinski definition) is 2. The van der Waals surface area contributed by atoms with Crippen molar-refractivity contribution in [1.82, 2.24) is 4.90 Å². The lowest BCUT2D eigenvalue weighted by Crippen LogP contribution is -2.47. The van der Waals surface area contributed by atoms with Gasteiger partial charge in [0.15, 0.2) is 5.41 Å². The zero-order chi connectivity index (χ0) is 18.1. The van der Waals surface area contributed by atoms with Crippen molar-refractivity contribution in [2.24, 2.45) is 5.41 Å². The molecular formula is C15H15F4NO4. The molecule has 0 bridgehead atoms. The molecule has 1 aliphatic rings. The first kappa shape index (κ1) is 18.2. The van der Waals surface area contributed by atoms with E-state index in [-0.39, 0.29) is 12.1 Å². The average molecular weight is 349 g/mol. The van der Waals surface area contributed by atoms with Gasteiger partial charge in [-0.2, -0.15) is 13.2 Å². The number of benzene rings is 1. The van der Waals surface area contributed by atoms with Crippen LogP contribution in [0.4, 0.5) is 17.6 Å². The first-order valence-corrected chi connectivity index (χ1v) is 7.08. The smallest absolute Gasteiger partial charge is 0.406 e. The van der Waals surface area contributed by atoms with E-state index in [0.717, 1.165) is 17.0 Å². The van der Waals surface area contributed by atoms with Crippen molar-refractivity contribution < 1.29 is 37.4 Å². The highest BCUT2D eigenvalue weighted by atomic mass is 19.4. The quantitative estimate of drug-likeness (QED) is 0.817. The van der Waals surface area contributed by atoms with Gasteiger partial charge in [-0.3, -0.25) is 9.59 Å². The Labute approximate surface area is 134 Å². The molecule has 1 aliphatic heterocycles. The maximum atomic E-state index is 13.1. The van der Waals surface area contributed by atoms with Gasteiger partial charge in [0, 0.05) is 13.1 Å². The summed E-state index contributed by atoms with van der Waals surface area (Å²) < 4.78 is 52.3. The van der Waals surface area contributed by atoms with Crippen molar-refractivity contribution in [2.75, 3.05) is 13.1 Å². The first-order valence-electron chi connectivity index (χ1n) is 7.08. The summed E-state index contributed by atoms with van der Waals surface area (Å²) in [5.74, 6) is -3.47. The molecule has 1 amide bonds. The number of carboxylic acids is 1. The monoisotopic (exact) mass is 349 g/mol. The van der Waals surface area contributed by atoms with Crippen LogP contribution in [0.25, 0.3) is 0 Å². The van der Waals surface area contributed by atoms with E-state index in [1.165, 1.54) is 12.1 Å². The number of carbonyl (C=O) groups is 2. The number of carbonyl (C=O) groups excluding carboxylic acids is 1. The van der Waals surface area contributed by atoms with Gasteiger partial charge >= 0.3 is 12.1 Å². The van der Waals surface area contributed by atoms with Crippen LogP contribution in [0.3, 0.4) is 0 Å². The van der Waals surface area contributed by atoms with Gasteiger partial charge in [-0.05, 0) is 24.1 Å². The number of halogens is 4. The third-order valence-electron chi connectivity index (χ3n) is 4.18. The number of nitrogens with zero attached hydrogens (tertiary/aromatic N) is 1. The molecule has 1 heterocycles. The van der Waals surface area contributed by atoms with Crippen LogP contribution in [0, 0.1) is 11.2 Å². The molecule has 0 aromatic heterocycles. The van der Waals surface area contributed by atoms with Crippen molar-refractivity contribution in [2.45, 2.75) is 25.1 Å². The number of hydrogen-bond acceptors (Lipinski definition) is 3. The largest absolute Gasteiger partial charge is 0.481 e. The van der Waals surface area contributed by atoms with Gasteiger partial charge in [-0.25, -0.2) is 4.39 Å². The molecule has 132 valence electrons. The number of alkyl halides is 3. The molecule has 24 heavy (non-hydrogen) atoms. The fourth-order valence-electron chi connectivity index (χ4n) is 2.68. The molecule has 1 saturated heterocycles. The lowest BCUT2D eigenvalue weighted by atomic mass is 9.86.